The third-order valence-electron chi connectivity index (χ3n) is 13.1. The van der Waals surface area contributed by atoms with Crippen LogP contribution in [0.15, 0.2) is 72.8 Å². The first-order valence-electron chi connectivity index (χ1n) is 18.7. The fraction of sp³-hybridized carbons (Fsp3) is 0.422. The summed E-state index contributed by atoms with van der Waals surface area (Å²) in [5.41, 5.74) is 16.1. The molecule has 0 bridgehead atoms. The van der Waals surface area contributed by atoms with Crippen molar-refractivity contribution in [3.63, 3.8) is 0 Å². The smallest absolute Gasteiger partial charge is 0.264 e. The highest BCUT2D eigenvalue weighted by atomic mass is 32.1. The van der Waals surface area contributed by atoms with Gasteiger partial charge in [-0.15, -0.1) is 11.3 Å². The number of benzene rings is 4. The lowest BCUT2D eigenvalue weighted by Gasteiger charge is -2.52. The Balaban J connectivity index is 1.40. The van der Waals surface area contributed by atoms with Crippen molar-refractivity contribution in [2.45, 2.75) is 123 Å². The lowest BCUT2D eigenvalue weighted by atomic mass is 9.36. The van der Waals surface area contributed by atoms with Gasteiger partial charge in [0.15, 0.2) is 0 Å². The van der Waals surface area contributed by atoms with Crippen LogP contribution < -0.4 is 25.5 Å². The Hall–Kier alpha value is -3.50. The second-order valence-corrected chi connectivity index (χ2v) is 19.4. The van der Waals surface area contributed by atoms with Crippen LogP contribution in [0.25, 0.3) is 10.1 Å². The minimum Gasteiger partial charge on any atom is -0.335 e. The molecule has 5 aromatic rings. The van der Waals surface area contributed by atoms with Crippen molar-refractivity contribution in [3.8, 4) is 0 Å². The number of thiophene rings is 1. The summed E-state index contributed by atoms with van der Waals surface area (Å²) in [5, 5.41) is 1.38. The van der Waals surface area contributed by atoms with Gasteiger partial charge in [-0.1, -0.05) is 112 Å². The van der Waals surface area contributed by atoms with Crippen LogP contribution in [0.5, 0.6) is 0 Å². The average molecular weight is 663 g/mol. The van der Waals surface area contributed by atoms with Crippen molar-refractivity contribution < 1.29 is 0 Å². The van der Waals surface area contributed by atoms with Crippen molar-refractivity contribution in [2.24, 2.45) is 0 Å². The van der Waals surface area contributed by atoms with Gasteiger partial charge in [0.25, 0.3) is 6.71 Å². The van der Waals surface area contributed by atoms with Crippen molar-refractivity contribution >= 4 is 72.3 Å². The van der Waals surface area contributed by atoms with Gasteiger partial charge in [0, 0.05) is 43.0 Å². The first-order valence-corrected chi connectivity index (χ1v) is 19.5. The number of hydrogen-bond acceptors (Lipinski definition) is 3. The van der Waals surface area contributed by atoms with Crippen LogP contribution in [0.1, 0.15) is 123 Å². The van der Waals surface area contributed by atoms with E-state index in [4.69, 9.17) is 0 Å². The quantitative estimate of drug-likeness (QED) is 0.170. The Morgan fingerprint density at radius 1 is 0.755 bits per heavy atom. The van der Waals surface area contributed by atoms with Crippen molar-refractivity contribution in [3.05, 3.63) is 95.1 Å². The van der Waals surface area contributed by atoms with E-state index in [2.05, 4.69) is 152 Å². The molecule has 4 heteroatoms. The molecular formula is C45H51BN2S. The normalized spacial score (nSPS) is 22.4. The molecule has 2 nitrogen and oxygen atoms in total. The summed E-state index contributed by atoms with van der Waals surface area (Å²) in [7, 11) is 0. The van der Waals surface area contributed by atoms with Gasteiger partial charge in [-0.25, -0.2) is 0 Å². The highest BCUT2D eigenvalue weighted by Crippen LogP contribution is 2.62. The minimum atomic E-state index is 0.0409. The predicted molar refractivity (Wildman–Crippen MR) is 215 cm³/mol. The number of anilines is 5. The van der Waals surface area contributed by atoms with Crippen LogP contribution >= 0.6 is 11.3 Å². The molecule has 1 saturated carbocycles. The first-order chi connectivity index (χ1) is 23.1. The zero-order chi connectivity index (χ0) is 34.4. The Kier molecular flexibility index (Phi) is 6.46. The summed E-state index contributed by atoms with van der Waals surface area (Å²) in [5.74, 6) is 0.475. The summed E-state index contributed by atoms with van der Waals surface area (Å²) in [6, 6.07) is 29.2. The third-order valence-corrected chi connectivity index (χ3v) is 14.3. The van der Waals surface area contributed by atoms with Gasteiger partial charge in [-0.3, -0.25) is 0 Å². The fourth-order valence-electron chi connectivity index (χ4n) is 9.96. The lowest BCUT2D eigenvalue weighted by molar-refractivity contribution is 0.195. The highest BCUT2D eigenvalue weighted by molar-refractivity contribution is 7.33. The zero-order valence-corrected chi connectivity index (χ0v) is 32.0. The molecule has 0 radical (unpaired) electrons. The summed E-state index contributed by atoms with van der Waals surface area (Å²) >= 11 is 2.03. The van der Waals surface area contributed by atoms with E-state index in [1.165, 1.54) is 96.6 Å². The largest absolute Gasteiger partial charge is 0.335 e. The number of hydrogen-bond donors (Lipinski definition) is 0. The summed E-state index contributed by atoms with van der Waals surface area (Å²) < 4.78 is 2.88. The lowest BCUT2D eigenvalue weighted by Crippen LogP contribution is -2.64. The minimum absolute atomic E-state index is 0.0409. The molecule has 4 heterocycles. The Morgan fingerprint density at radius 2 is 1.43 bits per heavy atom. The van der Waals surface area contributed by atoms with Gasteiger partial charge in [0.1, 0.15) is 0 Å². The summed E-state index contributed by atoms with van der Waals surface area (Å²) in [6.07, 6.45) is 5.09. The summed E-state index contributed by atoms with van der Waals surface area (Å²) in [6.45, 7) is 24.1. The average Bonchev–Trinajstić information content (AvgIpc) is 3.52. The Morgan fingerprint density at radius 3 is 2.12 bits per heavy atom. The monoisotopic (exact) mass is 662 g/mol. The van der Waals surface area contributed by atoms with E-state index < -0.39 is 0 Å². The van der Waals surface area contributed by atoms with Gasteiger partial charge in [-0.2, -0.15) is 0 Å². The van der Waals surface area contributed by atoms with E-state index in [-0.39, 0.29) is 28.5 Å². The molecular weight excluding hydrogens is 611 g/mol. The number of fused-ring (bicyclic) bond motifs is 9. The molecule has 1 aromatic heterocycles. The highest BCUT2D eigenvalue weighted by Gasteiger charge is 2.61. The van der Waals surface area contributed by atoms with Crippen LogP contribution in [0.2, 0.25) is 0 Å². The van der Waals surface area contributed by atoms with Crippen molar-refractivity contribution in [1.29, 1.82) is 0 Å². The number of rotatable bonds is 2. The van der Waals surface area contributed by atoms with E-state index in [0.29, 0.717) is 5.92 Å². The van der Waals surface area contributed by atoms with Crippen LogP contribution in [0, 0.1) is 0 Å². The molecule has 49 heavy (non-hydrogen) atoms. The Bertz CT molecular complexity index is 2180. The van der Waals surface area contributed by atoms with Crippen molar-refractivity contribution in [1.82, 2.24) is 0 Å². The standard InChI is InChI=1S/C45H51BN2S/c1-27(2)28-24-33-40-34(25-28)46-38-35(14-13-15-36(38)48(40)45(10)23-12-11-22-44(33,45)9)47(31-19-16-29(17-20-31)42(3,4)5)39-32-26-30(43(6,7)8)18-21-37(32)49-41(39)46/h13-21,24-27H,11-12,22-23H2,1-10H3. The molecule has 0 N–H and O–H groups in total. The predicted octanol–water partition coefficient (Wildman–Crippen LogP) is 11.0. The second-order valence-electron chi connectivity index (χ2n) is 18.4. The molecule has 250 valence electrons. The van der Waals surface area contributed by atoms with E-state index in [9.17, 15) is 0 Å². The van der Waals surface area contributed by atoms with Gasteiger partial charge in [0.05, 0.1) is 11.2 Å². The van der Waals surface area contributed by atoms with Gasteiger partial charge < -0.3 is 9.80 Å². The van der Waals surface area contributed by atoms with Crippen molar-refractivity contribution in [2.75, 3.05) is 9.80 Å². The third kappa shape index (κ3) is 4.13. The van der Waals surface area contributed by atoms with Gasteiger partial charge in [0.2, 0.25) is 0 Å². The molecule has 2 unspecified atom stereocenters. The molecule has 0 spiro atoms. The molecule has 9 rings (SSSR count). The molecule has 4 aliphatic rings. The zero-order valence-electron chi connectivity index (χ0n) is 31.2. The van der Waals surface area contributed by atoms with Crippen LogP contribution in [0.3, 0.4) is 0 Å². The van der Waals surface area contributed by atoms with Crippen LogP contribution in [-0.4, -0.2) is 12.3 Å². The maximum Gasteiger partial charge on any atom is 0.264 e. The summed E-state index contributed by atoms with van der Waals surface area (Å²) in [4.78, 5) is 5.49. The van der Waals surface area contributed by atoms with E-state index in [0.717, 1.165) is 0 Å². The molecule has 1 fully saturated rings. The molecule has 1 aliphatic carbocycles. The Labute approximate surface area is 298 Å². The first kappa shape index (κ1) is 31.5. The fourth-order valence-corrected chi connectivity index (χ4v) is 11.3. The molecule has 0 amide bonds. The van der Waals surface area contributed by atoms with E-state index in [1.54, 1.807) is 5.56 Å². The number of nitrogens with zero attached hydrogens (tertiary/aromatic N) is 2. The SMILES string of the molecule is CC(C)c1cc2c3c(c1)C1(C)CCCCC1(C)N3c1cccc3c1B2c1sc2ccc(C(C)(C)C)cc2c1N3c1ccc(C(C)(C)C)cc1. The van der Waals surface area contributed by atoms with Crippen LogP contribution in [-0.2, 0) is 16.2 Å². The van der Waals surface area contributed by atoms with E-state index >= 15 is 0 Å². The second kappa shape index (κ2) is 10.1. The molecule has 4 aromatic carbocycles. The maximum atomic E-state index is 2.85. The van der Waals surface area contributed by atoms with Gasteiger partial charge in [-0.05, 0) is 106 Å². The molecule has 0 saturated heterocycles. The topological polar surface area (TPSA) is 6.48 Å². The molecule has 3 aliphatic heterocycles. The maximum absolute atomic E-state index is 2.85. The van der Waals surface area contributed by atoms with Gasteiger partial charge >= 0.3 is 0 Å². The van der Waals surface area contributed by atoms with Crippen LogP contribution in [0.4, 0.5) is 28.4 Å². The molecule has 2 atom stereocenters. The van der Waals surface area contributed by atoms with E-state index in [1.807, 2.05) is 11.3 Å².